The number of anilines is 2. The number of hydrogen-bond acceptors (Lipinski definition) is 4. The van der Waals surface area contributed by atoms with E-state index >= 15 is 0 Å². The SMILES string of the molecule is CN(C)c1ccc(N2C(=S)NC(c3ccccn3)C2c2cccn2-c2ccc(O)cc2)cc1. The molecule has 0 saturated carbocycles. The molecule has 2 unspecified atom stereocenters. The van der Waals surface area contributed by atoms with Crippen molar-refractivity contribution in [1.29, 1.82) is 0 Å². The first kappa shape index (κ1) is 21.0. The third kappa shape index (κ3) is 3.91. The van der Waals surface area contributed by atoms with Crippen molar-refractivity contribution in [1.82, 2.24) is 14.9 Å². The zero-order chi connectivity index (χ0) is 22.9. The summed E-state index contributed by atoms with van der Waals surface area (Å²) in [6.45, 7) is 0. The molecule has 0 spiro atoms. The Balaban J connectivity index is 1.63. The molecule has 1 saturated heterocycles. The topological polar surface area (TPSA) is 56.6 Å². The smallest absolute Gasteiger partial charge is 0.174 e. The number of pyridine rings is 1. The standard InChI is InChI=1S/C26H25N5OS/c1-29(2)18-8-10-20(11-9-18)31-25(24(28-26(31)33)22-6-3-4-16-27-22)23-7-5-17-30(23)19-12-14-21(32)15-13-19/h3-17,24-25,32H,1-2H3,(H,28,33). The van der Waals surface area contributed by atoms with Crippen molar-refractivity contribution in [2.24, 2.45) is 0 Å². The summed E-state index contributed by atoms with van der Waals surface area (Å²) in [7, 11) is 4.06. The summed E-state index contributed by atoms with van der Waals surface area (Å²) in [6, 6.07) is 25.5. The number of rotatable bonds is 5. The Morgan fingerprint density at radius 1 is 0.909 bits per heavy atom. The van der Waals surface area contributed by atoms with E-state index in [1.165, 1.54) is 0 Å². The number of nitrogens with zero attached hydrogens (tertiary/aromatic N) is 4. The second-order valence-corrected chi connectivity index (χ2v) is 8.61. The number of thiocarbonyl (C=S) groups is 1. The summed E-state index contributed by atoms with van der Waals surface area (Å²) in [4.78, 5) is 8.88. The molecule has 2 aromatic heterocycles. The van der Waals surface area contributed by atoms with Gasteiger partial charge < -0.3 is 24.8 Å². The lowest BCUT2D eigenvalue weighted by Gasteiger charge is -2.29. The minimum atomic E-state index is -0.127. The molecule has 2 aromatic carbocycles. The molecule has 2 atom stereocenters. The predicted molar refractivity (Wildman–Crippen MR) is 136 cm³/mol. The van der Waals surface area contributed by atoms with E-state index in [4.69, 9.17) is 12.2 Å². The minimum Gasteiger partial charge on any atom is -0.508 e. The van der Waals surface area contributed by atoms with Crippen molar-refractivity contribution in [2.45, 2.75) is 12.1 Å². The molecule has 0 amide bonds. The first-order valence-electron chi connectivity index (χ1n) is 10.8. The summed E-state index contributed by atoms with van der Waals surface area (Å²) >= 11 is 5.85. The van der Waals surface area contributed by atoms with Crippen molar-refractivity contribution in [2.75, 3.05) is 23.9 Å². The van der Waals surface area contributed by atoms with Crippen LogP contribution in [-0.2, 0) is 0 Å². The number of aromatic nitrogens is 2. The highest BCUT2D eigenvalue weighted by molar-refractivity contribution is 7.80. The Morgan fingerprint density at radius 2 is 1.64 bits per heavy atom. The third-order valence-electron chi connectivity index (χ3n) is 5.95. The van der Waals surface area contributed by atoms with Crippen LogP contribution in [0.3, 0.4) is 0 Å². The Hall–Kier alpha value is -3.84. The molecule has 4 aromatic rings. The molecule has 166 valence electrons. The molecule has 3 heterocycles. The molecule has 0 aliphatic carbocycles. The van der Waals surface area contributed by atoms with E-state index in [2.05, 4.69) is 55.0 Å². The first-order valence-corrected chi connectivity index (χ1v) is 11.2. The lowest BCUT2D eigenvalue weighted by molar-refractivity contribution is 0.475. The van der Waals surface area contributed by atoms with Crippen LogP contribution in [0.25, 0.3) is 5.69 Å². The molecule has 5 rings (SSSR count). The van der Waals surface area contributed by atoms with Gasteiger partial charge in [0.1, 0.15) is 11.8 Å². The first-order chi connectivity index (χ1) is 16.0. The average Bonchev–Trinajstić information content (AvgIpc) is 3.44. The van der Waals surface area contributed by atoms with Crippen molar-refractivity contribution in [3.05, 3.63) is 103 Å². The fraction of sp³-hybridized carbons (Fsp3) is 0.154. The summed E-state index contributed by atoms with van der Waals surface area (Å²) in [6.07, 6.45) is 3.84. The number of aromatic hydroxyl groups is 1. The van der Waals surface area contributed by atoms with Crippen molar-refractivity contribution in [3.63, 3.8) is 0 Å². The molecule has 33 heavy (non-hydrogen) atoms. The summed E-state index contributed by atoms with van der Waals surface area (Å²) < 4.78 is 2.14. The van der Waals surface area contributed by atoms with E-state index in [1.807, 2.05) is 62.9 Å². The van der Waals surface area contributed by atoms with Gasteiger partial charge in [-0.1, -0.05) is 6.07 Å². The van der Waals surface area contributed by atoms with Crippen molar-refractivity contribution in [3.8, 4) is 11.4 Å². The summed E-state index contributed by atoms with van der Waals surface area (Å²) in [5, 5.41) is 13.9. The van der Waals surface area contributed by atoms with Gasteiger partial charge in [0.2, 0.25) is 0 Å². The summed E-state index contributed by atoms with van der Waals surface area (Å²) in [5.74, 6) is 0.241. The van der Waals surface area contributed by atoms with Gasteiger partial charge in [-0.05, 0) is 85.0 Å². The monoisotopic (exact) mass is 455 g/mol. The fourth-order valence-electron chi connectivity index (χ4n) is 4.33. The van der Waals surface area contributed by atoms with Crippen LogP contribution in [-0.4, -0.2) is 33.9 Å². The van der Waals surface area contributed by atoms with Crippen LogP contribution in [0.1, 0.15) is 23.5 Å². The molecule has 0 radical (unpaired) electrons. The summed E-state index contributed by atoms with van der Waals surface area (Å²) in [5.41, 5.74) is 5.10. The predicted octanol–water partition coefficient (Wildman–Crippen LogP) is 4.82. The van der Waals surface area contributed by atoms with Crippen LogP contribution in [0, 0.1) is 0 Å². The number of phenols is 1. The Labute approximate surface area is 198 Å². The molecule has 1 aliphatic heterocycles. The van der Waals surface area contributed by atoms with Gasteiger partial charge in [0.15, 0.2) is 5.11 Å². The van der Waals surface area contributed by atoms with Crippen molar-refractivity contribution >= 4 is 28.7 Å². The van der Waals surface area contributed by atoms with Gasteiger partial charge in [0.25, 0.3) is 0 Å². The van der Waals surface area contributed by atoms with E-state index in [9.17, 15) is 5.11 Å². The van der Waals surface area contributed by atoms with Crippen LogP contribution in [0.2, 0.25) is 0 Å². The average molecular weight is 456 g/mol. The maximum Gasteiger partial charge on any atom is 0.174 e. The maximum absolute atomic E-state index is 9.76. The van der Waals surface area contributed by atoms with Crippen molar-refractivity contribution < 1.29 is 5.11 Å². The molecule has 2 N–H and O–H groups in total. The highest BCUT2D eigenvalue weighted by atomic mass is 32.1. The number of phenolic OH excluding ortho intramolecular Hbond substituents is 1. The number of hydrogen-bond donors (Lipinski definition) is 2. The molecule has 6 nitrogen and oxygen atoms in total. The second-order valence-electron chi connectivity index (χ2n) is 8.23. The maximum atomic E-state index is 9.76. The van der Waals surface area contributed by atoms with Crippen LogP contribution in [0.5, 0.6) is 5.75 Å². The van der Waals surface area contributed by atoms with E-state index in [0.29, 0.717) is 5.11 Å². The highest BCUT2D eigenvalue weighted by Crippen LogP contribution is 2.42. The van der Waals surface area contributed by atoms with Gasteiger partial charge in [-0.25, -0.2) is 0 Å². The lowest BCUT2D eigenvalue weighted by atomic mass is 10.0. The molecule has 1 aliphatic rings. The van der Waals surface area contributed by atoms with Gasteiger partial charge in [0.05, 0.1) is 11.7 Å². The third-order valence-corrected chi connectivity index (χ3v) is 6.27. The Morgan fingerprint density at radius 3 is 2.30 bits per heavy atom. The number of nitrogens with one attached hydrogen (secondary N) is 1. The Bertz CT molecular complexity index is 1250. The van der Waals surface area contributed by atoms with Gasteiger partial charge in [-0.2, -0.15) is 0 Å². The fourth-order valence-corrected chi connectivity index (χ4v) is 4.67. The molecule has 7 heteroatoms. The zero-order valence-corrected chi connectivity index (χ0v) is 19.3. The Kier molecular flexibility index (Phi) is 5.48. The van der Waals surface area contributed by atoms with E-state index in [-0.39, 0.29) is 17.8 Å². The normalized spacial score (nSPS) is 17.8. The van der Waals surface area contributed by atoms with E-state index in [0.717, 1.165) is 28.5 Å². The molecular weight excluding hydrogens is 430 g/mol. The van der Waals surface area contributed by atoms with Crippen LogP contribution >= 0.6 is 12.2 Å². The van der Waals surface area contributed by atoms with E-state index < -0.39 is 0 Å². The van der Waals surface area contributed by atoms with Gasteiger partial charge in [-0.15, -0.1) is 0 Å². The lowest BCUT2D eigenvalue weighted by Crippen LogP contribution is -2.30. The van der Waals surface area contributed by atoms with Gasteiger partial charge >= 0.3 is 0 Å². The second kappa shape index (κ2) is 8.60. The van der Waals surface area contributed by atoms with Crippen LogP contribution < -0.4 is 15.1 Å². The highest BCUT2D eigenvalue weighted by Gasteiger charge is 2.42. The molecule has 1 fully saturated rings. The van der Waals surface area contributed by atoms with Crippen LogP contribution in [0.4, 0.5) is 11.4 Å². The number of benzene rings is 2. The largest absolute Gasteiger partial charge is 0.508 e. The van der Waals surface area contributed by atoms with Crippen LogP contribution in [0.15, 0.2) is 91.3 Å². The van der Waals surface area contributed by atoms with Gasteiger partial charge in [0, 0.05) is 49.2 Å². The zero-order valence-electron chi connectivity index (χ0n) is 18.5. The molecule has 0 bridgehead atoms. The molecular formula is C26H25N5OS. The minimum absolute atomic E-state index is 0.124. The van der Waals surface area contributed by atoms with E-state index in [1.54, 1.807) is 12.1 Å². The quantitative estimate of drug-likeness (QED) is 0.421. The van der Waals surface area contributed by atoms with Gasteiger partial charge in [-0.3, -0.25) is 4.98 Å².